The second-order valence-corrected chi connectivity index (χ2v) is 9.83. The van der Waals surface area contributed by atoms with Gasteiger partial charge in [-0.05, 0) is 48.4 Å². The van der Waals surface area contributed by atoms with Gasteiger partial charge in [-0.15, -0.1) is 0 Å². The van der Waals surface area contributed by atoms with E-state index in [1.807, 2.05) is 60.7 Å². The second-order valence-electron chi connectivity index (χ2n) is 8.82. The fourth-order valence-electron chi connectivity index (χ4n) is 4.72. The highest BCUT2D eigenvalue weighted by Crippen LogP contribution is 2.40. The Morgan fingerprint density at radius 3 is 2.69 bits per heavy atom. The Morgan fingerprint density at radius 2 is 1.90 bits per heavy atom. The molecule has 8 nitrogen and oxygen atoms in total. The summed E-state index contributed by atoms with van der Waals surface area (Å²) in [6, 6.07) is 21.5. The molecule has 39 heavy (non-hydrogen) atoms. The SMILES string of the molecule is CCOC(=O)C1=C(c2ccccc2)N=c2sc(=Cc3cccc(OC)c3)c(=O)n2[C@@H]1c1ccc2c(c1)OCO2. The molecule has 2 aliphatic heterocycles. The molecule has 0 bridgehead atoms. The van der Waals surface area contributed by atoms with Crippen LogP contribution in [0.5, 0.6) is 17.2 Å². The molecule has 3 aromatic carbocycles. The van der Waals surface area contributed by atoms with Crippen LogP contribution in [0, 0.1) is 0 Å². The highest BCUT2D eigenvalue weighted by atomic mass is 32.1. The number of nitrogens with zero attached hydrogens (tertiary/aromatic N) is 2. The minimum Gasteiger partial charge on any atom is -0.497 e. The molecule has 6 rings (SSSR count). The van der Waals surface area contributed by atoms with Crippen molar-refractivity contribution < 1.29 is 23.7 Å². The molecule has 0 saturated heterocycles. The van der Waals surface area contributed by atoms with Crippen LogP contribution in [0.15, 0.2) is 88.2 Å². The van der Waals surface area contributed by atoms with Crippen molar-refractivity contribution in [1.29, 1.82) is 0 Å². The maximum absolute atomic E-state index is 14.0. The number of fused-ring (bicyclic) bond motifs is 2. The Balaban J connectivity index is 1.64. The zero-order valence-electron chi connectivity index (χ0n) is 21.2. The normalized spacial score (nSPS) is 16.1. The van der Waals surface area contributed by atoms with Crippen LogP contribution in [0.1, 0.15) is 29.7 Å². The zero-order valence-corrected chi connectivity index (χ0v) is 22.1. The summed E-state index contributed by atoms with van der Waals surface area (Å²) in [5.74, 6) is 1.30. The Hall–Kier alpha value is -4.63. The fourth-order valence-corrected chi connectivity index (χ4v) is 5.72. The van der Waals surface area contributed by atoms with E-state index in [4.69, 9.17) is 23.9 Å². The van der Waals surface area contributed by atoms with E-state index in [9.17, 15) is 9.59 Å². The lowest BCUT2D eigenvalue weighted by atomic mass is 9.93. The molecule has 0 saturated carbocycles. The van der Waals surface area contributed by atoms with Gasteiger partial charge < -0.3 is 18.9 Å². The number of hydrogen-bond acceptors (Lipinski definition) is 8. The van der Waals surface area contributed by atoms with Crippen molar-refractivity contribution in [2.45, 2.75) is 13.0 Å². The number of benzene rings is 3. The molecule has 1 aromatic heterocycles. The minimum absolute atomic E-state index is 0.109. The molecule has 2 aliphatic rings. The van der Waals surface area contributed by atoms with Gasteiger partial charge in [0.15, 0.2) is 16.3 Å². The molecular weight excluding hydrogens is 516 g/mol. The van der Waals surface area contributed by atoms with Crippen molar-refractivity contribution in [3.05, 3.63) is 115 Å². The van der Waals surface area contributed by atoms with E-state index in [2.05, 4.69) is 0 Å². The number of aromatic nitrogens is 1. The van der Waals surface area contributed by atoms with Crippen LogP contribution in [0.4, 0.5) is 0 Å². The van der Waals surface area contributed by atoms with Gasteiger partial charge in [-0.1, -0.05) is 59.9 Å². The summed E-state index contributed by atoms with van der Waals surface area (Å²) < 4.78 is 24.0. The molecule has 3 heterocycles. The molecule has 0 spiro atoms. The van der Waals surface area contributed by atoms with Gasteiger partial charge in [-0.25, -0.2) is 9.79 Å². The standard InChI is InChI=1S/C30H24N2O6S/c1-3-36-29(34)25-26(19-9-5-4-6-10-19)31-30-32(27(25)20-12-13-22-23(16-20)38-17-37-22)28(33)24(39-30)15-18-8-7-11-21(14-18)35-2/h4-16,27H,3,17H2,1-2H3/t27-/m1/s1. The van der Waals surface area contributed by atoms with E-state index >= 15 is 0 Å². The minimum atomic E-state index is -0.794. The van der Waals surface area contributed by atoms with Gasteiger partial charge in [0.1, 0.15) is 5.75 Å². The van der Waals surface area contributed by atoms with Crippen molar-refractivity contribution >= 4 is 29.1 Å². The number of esters is 1. The average Bonchev–Trinajstić information content (AvgIpc) is 3.56. The lowest BCUT2D eigenvalue weighted by Crippen LogP contribution is -2.40. The smallest absolute Gasteiger partial charge is 0.338 e. The van der Waals surface area contributed by atoms with Crippen LogP contribution in [-0.2, 0) is 9.53 Å². The first-order valence-corrected chi connectivity index (χ1v) is 13.2. The Kier molecular flexibility index (Phi) is 6.50. The first-order valence-electron chi connectivity index (χ1n) is 12.4. The number of carbonyl (C=O) groups excluding carboxylic acids is 1. The number of carbonyl (C=O) groups is 1. The Bertz CT molecular complexity index is 1790. The van der Waals surface area contributed by atoms with Crippen LogP contribution in [-0.4, -0.2) is 31.0 Å². The summed E-state index contributed by atoms with van der Waals surface area (Å²) in [6.45, 7) is 2.04. The van der Waals surface area contributed by atoms with E-state index in [1.54, 1.807) is 36.8 Å². The predicted octanol–water partition coefficient (Wildman–Crippen LogP) is 3.67. The average molecular weight is 541 g/mol. The van der Waals surface area contributed by atoms with Crippen molar-refractivity contribution in [2.75, 3.05) is 20.5 Å². The maximum atomic E-state index is 14.0. The first-order chi connectivity index (χ1) is 19.1. The van der Waals surface area contributed by atoms with E-state index in [0.29, 0.717) is 37.8 Å². The summed E-state index contributed by atoms with van der Waals surface area (Å²) in [6.07, 6.45) is 1.80. The number of hydrogen-bond donors (Lipinski definition) is 0. The van der Waals surface area contributed by atoms with Crippen LogP contribution >= 0.6 is 11.3 Å². The maximum Gasteiger partial charge on any atom is 0.338 e. The van der Waals surface area contributed by atoms with Crippen molar-refractivity contribution in [3.63, 3.8) is 0 Å². The van der Waals surface area contributed by atoms with E-state index in [0.717, 1.165) is 11.1 Å². The van der Waals surface area contributed by atoms with E-state index < -0.39 is 12.0 Å². The van der Waals surface area contributed by atoms with Gasteiger partial charge in [-0.3, -0.25) is 9.36 Å². The number of thiazole rings is 1. The van der Waals surface area contributed by atoms with E-state index in [1.165, 1.54) is 11.3 Å². The highest BCUT2D eigenvalue weighted by molar-refractivity contribution is 7.07. The third-order valence-corrected chi connectivity index (χ3v) is 7.46. The molecule has 0 aliphatic carbocycles. The molecule has 0 radical (unpaired) electrons. The second kappa shape index (κ2) is 10.3. The summed E-state index contributed by atoms with van der Waals surface area (Å²) in [7, 11) is 1.60. The van der Waals surface area contributed by atoms with Crippen LogP contribution in [0.25, 0.3) is 11.8 Å². The Morgan fingerprint density at radius 1 is 1.08 bits per heavy atom. The summed E-state index contributed by atoms with van der Waals surface area (Å²) in [5.41, 5.74) is 2.72. The molecule has 196 valence electrons. The van der Waals surface area contributed by atoms with Crippen LogP contribution < -0.4 is 29.1 Å². The molecular formula is C30H24N2O6S. The van der Waals surface area contributed by atoms with Gasteiger partial charge in [0, 0.05) is 5.56 Å². The van der Waals surface area contributed by atoms with Gasteiger partial charge >= 0.3 is 5.97 Å². The lowest BCUT2D eigenvalue weighted by molar-refractivity contribution is -0.138. The summed E-state index contributed by atoms with van der Waals surface area (Å²) in [5, 5.41) is 0. The molecule has 0 N–H and O–H groups in total. The van der Waals surface area contributed by atoms with E-state index in [-0.39, 0.29) is 24.5 Å². The largest absolute Gasteiger partial charge is 0.497 e. The topological polar surface area (TPSA) is 88.4 Å². The fraction of sp³-hybridized carbons (Fsp3) is 0.167. The monoisotopic (exact) mass is 540 g/mol. The van der Waals surface area contributed by atoms with Crippen molar-refractivity contribution in [1.82, 2.24) is 4.57 Å². The third kappa shape index (κ3) is 4.51. The van der Waals surface area contributed by atoms with Gasteiger partial charge in [-0.2, -0.15) is 0 Å². The van der Waals surface area contributed by atoms with Gasteiger partial charge in [0.05, 0.1) is 35.6 Å². The first kappa shape index (κ1) is 24.7. The predicted molar refractivity (Wildman–Crippen MR) is 147 cm³/mol. The van der Waals surface area contributed by atoms with Crippen LogP contribution in [0.3, 0.4) is 0 Å². The van der Waals surface area contributed by atoms with Gasteiger partial charge in [0.2, 0.25) is 6.79 Å². The lowest BCUT2D eigenvalue weighted by Gasteiger charge is -2.26. The number of ether oxygens (including phenoxy) is 4. The molecule has 1 atom stereocenters. The van der Waals surface area contributed by atoms with Crippen molar-refractivity contribution in [3.8, 4) is 17.2 Å². The third-order valence-electron chi connectivity index (χ3n) is 6.48. The molecule has 9 heteroatoms. The molecule has 0 fully saturated rings. The molecule has 0 amide bonds. The number of methoxy groups -OCH3 is 1. The Labute approximate surface area is 227 Å². The number of rotatable bonds is 6. The molecule has 0 unspecified atom stereocenters. The quantitative estimate of drug-likeness (QED) is 0.347. The van der Waals surface area contributed by atoms with Crippen molar-refractivity contribution in [2.24, 2.45) is 4.99 Å². The van der Waals surface area contributed by atoms with Crippen LogP contribution in [0.2, 0.25) is 0 Å². The van der Waals surface area contributed by atoms with Gasteiger partial charge in [0.25, 0.3) is 5.56 Å². The highest BCUT2D eigenvalue weighted by Gasteiger charge is 2.36. The molecule has 4 aromatic rings. The zero-order chi connectivity index (χ0) is 26.9. The summed E-state index contributed by atoms with van der Waals surface area (Å²) >= 11 is 1.26. The summed E-state index contributed by atoms with van der Waals surface area (Å²) in [4.78, 5) is 32.9.